The van der Waals surface area contributed by atoms with Crippen molar-refractivity contribution in [3.63, 3.8) is 0 Å². The van der Waals surface area contributed by atoms with Gasteiger partial charge in [0.05, 0.1) is 18.8 Å². The molecule has 1 aliphatic rings. The lowest BCUT2D eigenvalue weighted by molar-refractivity contribution is 0.0696. The minimum absolute atomic E-state index is 0. The Morgan fingerprint density at radius 3 is 2.65 bits per heavy atom. The van der Waals surface area contributed by atoms with Gasteiger partial charge in [0.1, 0.15) is 16.7 Å². The highest BCUT2D eigenvalue weighted by molar-refractivity contribution is 6.29. The van der Waals surface area contributed by atoms with E-state index in [9.17, 15) is 19.8 Å². The standard InChI is InChI=1S/C26H26ClN3O6.ClH/c1-35-26(34)30-20-9-18(25(32)33)11-22(12-20)36-21-6-3-15-2-5-19(8-17(15)10-21)28-14-23(31)16-4-7-24(27)29-13-16;/h3-4,6-7,9-13,19,23,28,31H,2,5,8,14H2,1H3,(H,30,34)(H,32,33);1H/t19-,23+;/m0./s1. The van der Waals surface area contributed by atoms with Crippen LogP contribution in [0.3, 0.4) is 0 Å². The van der Waals surface area contributed by atoms with Crippen LogP contribution in [0.15, 0.2) is 54.7 Å². The number of aliphatic hydroxyl groups is 1. The Morgan fingerprint density at radius 2 is 1.95 bits per heavy atom. The minimum Gasteiger partial charge on any atom is -0.478 e. The number of amides is 1. The molecular weight excluding hydrogens is 521 g/mol. The van der Waals surface area contributed by atoms with Crippen molar-refractivity contribution >= 4 is 41.8 Å². The van der Waals surface area contributed by atoms with E-state index < -0.39 is 18.2 Å². The summed E-state index contributed by atoms with van der Waals surface area (Å²) in [7, 11) is 1.22. The van der Waals surface area contributed by atoms with Crippen LogP contribution in [0, 0.1) is 0 Å². The molecule has 11 heteroatoms. The number of pyridine rings is 1. The van der Waals surface area contributed by atoms with Gasteiger partial charge < -0.3 is 25.0 Å². The number of carboxylic acids is 1. The van der Waals surface area contributed by atoms with Crippen molar-refractivity contribution in [2.45, 2.75) is 31.4 Å². The second-order valence-electron chi connectivity index (χ2n) is 8.48. The van der Waals surface area contributed by atoms with Crippen LogP contribution in [0.5, 0.6) is 11.5 Å². The number of aryl methyl sites for hydroxylation is 1. The number of carbonyl (C=O) groups is 2. The number of aromatic nitrogens is 1. The summed E-state index contributed by atoms with van der Waals surface area (Å²) in [5.74, 6) is -0.330. The van der Waals surface area contributed by atoms with Crippen LogP contribution in [0.25, 0.3) is 0 Å². The number of benzene rings is 2. The van der Waals surface area contributed by atoms with E-state index in [0.29, 0.717) is 23.0 Å². The first-order chi connectivity index (χ1) is 17.3. The molecule has 0 spiro atoms. The molecule has 1 amide bonds. The molecule has 37 heavy (non-hydrogen) atoms. The number of methoxy groups -OCH3 is 1. The number of aliphatic hydroxyl groups excluding tert-OH is 1. The van der Waals surface area contributed by atoms with Crippen LogP contribution in [-0.2, 0) is 17.6 Å². The van der Waals surface area contributed by atoms with Crippen LogP contribution in [-0.4, -0.2) is 47.0 Å². The Hall–Kier alpha value is -3.37. The van der Waals surface area contributed by atoms with E-state index in [4.69, 9.17) is 16.3 Å². The second kappa shape index (κ2) is 12.7. The van der Waals surface area contributed by atoms with Crippen molar-refractivity contribution in [1.29, 1.82) is 0 Å². The highest BCUT2D eigenvalue weighted by Gasteiger charge is 2.21. The molecule has 0 saturated heterocycles. The summed E-state index contributed by atoms with van der Waals surface area (Å²) in [6.45, 7) is 0.386. The number of aromatic carboxylic acids is 1. The van der Waals surface area contributed by atoms with Crippen molar-refractivity contribution in [2.24, 2.45) is 0 Å². The van der Waals surface area contributed by atoms with E-state index >= 15 is 0 Å². The van der Waals surface area contributed by atoms with Gasteiger partial charge in [-0.25, -0.2) is 14.6 Å². The molecule has 196 valence electrons. The molecule has 0 radical (unpaired) electrons. The number of anilines is 1. The second-order valence-corrected chi connectivity index (χ2v) is 8.87. The molecular formula is C26H27Cl2N3O6. The van der Waals surface area contributed by atoms with E-state index in [1.807, 2.05) is 18.2 Å². The first kappa shape index (κ1) is 28.2. The predicted molar refractivity (Wildman–Crippen MR) is 141 cm³/mol. The average Bonchev–Trinajstić information content (AvgIpc) is 2.87. The van der Waals surface area contributed by atoms with E-state index in [1.54, 1.807) is 18.3 Å². The van der Waals surface area contributed by atoms with Gasteiger partial charge in [-0.3, -0.25) is 5.32 Å². The Bertz CT molecular complexity index is 1260. The van der Waals surface area contributed by atoms with Gasteiger partial charge in [0.25, 0.3) is 0 Å². The number of carbonyl (C=O) groups excluding carboxylic acids is 1. The highest BCUT2D eigenvalue weighted by Crippen LogP contribution is 2.31. The molecule has 1 aromatic heterocycles. The van der Waals surface area contributed by atoms with E-state index in [0.717, 1.165) is 24.8 Å². The SMILES string of the molecule is COC(=O)Nc1cc(Oc2ccc3c(c2)C[C@@H](NC[C@@H](O)c2ccc(Cl)nc2)CC3)cc(C(=O)O)c1.Cl. The zero-order chi connectivity index (χ0) is 25.7. The van der Waals surface area contributed by atoms with Crippen molar-refractivity contribution in [3.05, 3.63) is 82.1 Å². The third kappa shape index (κ3) is 7.56. The maximum Gasteiger partial charge on any atom is 0.411 e. The average molecular weight is 548 g/mol. The molecule has 0 aliphatic heterocycles. The number of fused-ring (bicyclic) bond motifs is 1. The van der Waals surface area contributed by atoms with Gasteiger partial charge in [-0.2, -0.15) is 0 Å². The van der Waals surface area contributed by atoms with Gasteiger partial charge in [0.15, 0.2) is 0 Å². The van der Waals surface area contributed by atoms with Gasteiger partial charge in [0.2, 0.25) is 0 Å². The monoisotopic (exact) mass is 547 g/mol. The summed E-state index contributed by atoms with van der Waals surface area (Å²) in [5, 5.41) is 26.1. The van der Waals surface area contributed by atoms with Crippen molar-refractivity contribution in [3.8, 4) is 11.5 Å². The molecule has 0 saturated carbocycles. The maximum atomic E-state index is 11.6. The molecule has 9 nitrogen and oxygen atoms in total. The summed E-state index contributed by atoms with van der Waals surface area (Å²) >= 11 is 5.82. The number of nitrogens with one attached hydrogen (secondary N) is 2. The number of hydrogen-bond acceptors (Lipinski definition) is 7. The van der Waals surface area contributed by atoms with Gasteiger partial charge in [0, 0.05) is 36.1 Å². The van der Waals surface area contributed by atoms with Gasteiger partial charge >= 0.3 is 12.1 Å². The molecule has 2 aromatic carbocycles. The third-order valence-corrected chi connectivity index (χ3v) is 6.19. The van der Waals surface area contributed by atoms with Gasteiger partial charge in [-0.1, -0.05) is 23.7 Å². The Morgan fingerprint density at radius 1 is 1.14 bits per heavy atom. The molecule has 0 fully saturated rings. The van der Waals surface area contributed by atoms with Crippen LogP contribution >= 0.6 is 24.0 Å². The Balaban J connectivity index is 0.00000380. The number of nitrogens with zero attached hydrogens (tertiary/aromatic N) is 1. The smallest absolute Gasteiger partial charge is 0.411 e. The molecule has 0 bridgehead atoms. The summed E-state index contributed by atoms with van der Waals surface area (Å²) in [4.78, 5) is 27.1. The third-order valence-electron chi connectivity index (χ3n) is 5.96. The zero-order valence-corrected chi connectivity index (χ0v) is 21.5. The number of carboxylic acid groups (broad SMARTS) is 1. The molecule has 2 atom stereocenters. The number of halogens is 2. The minimum atomic E-state index is -1.15. The number of ether oxygens (including phenoxy) is 2. The fourth-order valence-corrected chi connectivity index (χ4v) is 4.22. The fraction of sp³-hybridized carbons (Fsp3) is 0.269. The van der Waals surface area contributed by atoms with Crippen molar-refractivity contribution in [1.82, 2.24) is 10.3 Å². The summed E-state index contributed by atoms with van der Waals surface area (Å²) in [6, 6.07) is 13.6. The van der Waals surface area contributed by atoms with Crippen LogP contribution in [0.1, 0.15) is 39.6 Å². The first-order valence-corrected chi connectivity index (χ1v) is 11.7. The molecule has 1 heterocycles. The van der Waals surface area contributed by atoms with Crippen molar-refractivity contribution < 1.29 is 29.3 Å². The molecule has 4 N–H and O–H groups in total. The molecule has 1 aliphatic carbocycles. The largest absolute Gasteiger partial charge is 0.478 e. The maximum absolute atomic E-state index is 11.6. The lowest BCUT2D eigenvalue weighted by atomic mass is 9.88. The summed E-state index contributed by atoms with van der Waals surface area (Å²) in [6.07, 6.45) is 2.73. The van der Waals surface area contributed by atoms with Crippen LogP contribution < -0.4 is 15.4 Å². The molecule has 3 aromatic rings. The zero-order valence-electron chi connectivity index (χ0n) is 19.9. The topological polar surface area (TPSA) is 130 Å². The number of hydrogen-bond donors (Lipinski definition) is 4. The fourth-order valence-electron chi connectivity index (χ4n) is 4.11. The van der Waals surface area contributed by atoms with Gasteiger partial charge in [-0.15, -0.1) is 12.4 Å². The quantitative estimate of drug-likeness (QED) is 0.289. The van der Waals surface area contributed by atoms with E-state index in [-0.39, 0.29) is 35.4 Å². The Labute approximate surface area is 225 Å². The van der Waals surface area contributed by atoms with Gasteiger partial charge in [-0.05, 0) is 60.7 Å². The lowest BCUT2D eigenvalue weighted by Gasteiger charge is -2.27. The lowest BCUT2D eigenvalue weighted by Crippen LogP contribution is -2.37. The van der Waals surface area contributed by atoms with Crippen molar-refractivity contribution in [2.75, 3.05) is 19.0 Å². The first-order valence-electron chi connectivity index (χ1n) is 11.4. The predicted octanol–water partition coefficient (Wildman–Crippen LogP) is 5.01. The normalized spacial score (nSPS) is 15.1. The molecule has 0 unspecified atom stereocenters. The molecule has 4 rings (SSSR count). The summed E-state index contributed by atoms with van der Waals surface area (Å²) < 4.78 is 10.5. The van der Waals surface area contributed by atoms with E-state index in [2.05, 4.69) is 20.4 Å². The van der Waals surface area contributed by atoms with Crippen LogP contribution in [0.2, 0.25) is 5.15 Å². The van der Waals surface area contributed by atoms with Crippen LogP contribution in [0.4, 0.5) is 10.5 Å². The Kier molecular flexibility index (Phi) is 9.71. The van der Waals surface area contributed by atoms with E-state index in [1.165, 1.54) is 30.9 Å². The number of rotatable bonds is 8. The summed E-state index contributed by atoms with van der Waals surface area (Å²) in [5.41, 5.74) is 3.24. The highest BCUT2D eigenvalue weighted by atomic mass is 35.5.